The van der Waals surface area contributed by atoms with Crippen molar-refractivity contribution in [3.05, 3.63) is 65.5 Å². The predicted octanol–water partition coefficient (Wildman–Crippen LogP) is 3.27. The zero-order valence-corrected chi connectivity index (χ0v) is 14.2. The van der Waals surface area contributed by atoms with Gasteiger partial charge in [-0.25, -0.2) is 8.78 Å². The Kier molecular flexibility index (Phi) is 5.38. The molecule has 4 nitrogen and oxygen atoms in total. The van der Waals surface area contributed by atoms with Gasteiger partial charge in [0.1, 0.15) is 17.3 Å². The molecule has 0 bridgehead atoms. The van der Waals surface area contributed by atoms with Crippen LogP contribution >= 0.6 is 0 Å². The van der Waals surface area contributed by atoms with E-state index in [-0.39, 0.29) is 11.9 Å². The van der Waals surface area contributed by atoms with Crippen LogP contribution in [0.5, 0.6) is 0 Å². The molecule has 0 saturated carbocycles. The lowest BCUT2D eigenvalue weighted by Crippen LogP contribution is -2.36. The van der Waals surface area contributed by atoms with Crippen LogP contribution in [0.15, 0.2) is 42.6 Å². The highest BCUT2D eigenvalue weighted by atomic mass is 19.1. The fraction of sp³-hybridized carbons (Fsp3) is 0.368. The summed E-state index contributed by atoms with van der Waals surface area (Å²) in [7, 11) is 0. The van der Waals surface area contributed by atoms with Crippen LogP contribution in [0.3, 0.4) is 0 Å². The summed E-state index contributed by atoms with van der Waals surface area (Å²) in [6.45, 7) is 4.50. The monoisotopic (exact) mass is 345 g/mol. The summed E-state index contributed by atoms with van der Waals surface area (Å²) < 4.78 is 27.2. The van der Waals surface area contributed by atoms with E-state index in [4.69, 9.17) is 0 Å². The molecule has 1 fully saturated rings. The van der Waals surface area contributed by atoms with Gasteiger partial charge >= 0.3 is 0 Å². The van der Waals surface area contributed by atoms with Gasteiger partial charge in [-0.1, -0.05) is 12.1 Å². The maximum atomic E-state index is 14.0. The lowest BCUT2D eigenvalue weighted by atomic mass is 10.1. The fourth-order valence-electron chi connectivity index (χ4n) is 3.22. The Balaban J connectivity index is 1.68. The second kappa shape index (κ2) is 7.70. The van der Waals surface area contributed by atoms with E-state index >= 15 is 0 Å². The molecule has 132 valence electrons. The Hall–Kier alpha value is -2.34. The van der Waals surface area contributed by atoms with Crippen LogP contribution in [0.1, 0.15) is 35.4 Å². The molecule has 1 amide bonds. The summed E-state index contributed by atoms with van der Waals surface area (Å²) in [5, 5.41) is 0. The van der Waals surface area contributed by atoms with E-state index in [1.807, 2.05) is 6.92 Å². The topological polar surface area (TPSA) is 36.4 Å². The van der Waals surface area contributed by atoms with E-state index in [9.17, 15) is 13.6 Å². The van der Waals surface area contributed by atoms with Crippen LogP contribution in [-0.4, -0.2) is 46.9 Å². The Bertz CT molecular complexity index is 739. The molecule has 0 radical (unpaired) electrons. The van der Waals surface area contributed by atoms with Crippen molar-refractivity contribution < 1.29 is 13.6 Å². The van der Waals surface area contributed by atoms with Crippen molar-refractivity contribution in [2.24, 2.45) is 0 Å². The fourth-order valence-corrected chi connectivity index (χ4v) is 3.22. The normalized spacial score (nSPS) is 17.2. The van der Waals surface area contributed by atoms with Crippen molar-refractivity contribution in [1.82, 2.24) is 14.8 Å². The molecule has 1 aliphatic heterocycles. The summed E-state index contributed by atoms with van der Waals surface area (Å²) in [4.78, 5) is 20.6. The van der Waals surface area contributed by atoms with E-state index < -0.39 is 11.6 Å². The quantitative estimate of drug-likeness (QED) is 0.857. The van der Waals surface area contributed by atoms with Crippen molar-refractivity contribution >= 4 is 5.91 Å². The minimum absolute atomic E-state index is 0.0805. The van der Waals surface area contributed by atoms with Crippen LogP contribution in [0.2, 0.25) is 0 Å². The second-order valence-electron chi connectivity index (χ2n) is 6.24. The Morgan fingerprint density at radius 2 is 1.96 bits per heavy atom. The summed E-state index contributed by atoms with van der Waals surface area (Å²) >= 11 is 0. The second-order valence-corrected chi connectivity index (χ2v) is 6.24. The number of hydrogen-bond donors (Lipinski definition) is 0. The van der Waals surface area contributed by atoms with Gasteiger partial charge in [-0.3, -0.25) is 14.7 Å². The third kappa shape index (κ3) is 4.02. The van der Waals surface area contributed by atoms with Gasteiger partial charge in [0, 0.05) is 50.0 Å². The van der Waals surface area contributed by atoms with Crippen LogP contribution in [0, 0.1) is 11.6 Å². The summed E-state index contributed by atoms with van der Waals surface area (Å²) in [6, 6.07) is 8.80. The van der Waals surface area contributed by atoms with Gasteiger partial charge in [-0.15, -0.1) is 0 Å². The molecule has 0 spiro atoms. The summed E-state index contributed by atoms with van der Waals surface area (Å²) in [5.74, 6) is -1.18. The third-order valence-electron chi connectivity index (χ3n) is 4.66. The maximum absolute atomic E-state index is 14.0. The first-order valence-electron chi connectivity index (χ1n) is 8.45. The van der Waals surface area contributed by atoms with Gasteiger partial charge in [0.2, 0.25) is 0 Å². The van der Waals surface area contributed by atoms with Gasteiger partial charge in [0.25, 0.3) is 5.91 Å². The van der Waals surface area contributed by atoms with Gasteiger partial charge in [-0.05, 0) is 31.5 Å². The standard InChI is InChI=1S/C19H21F2N3O/c1-14(16-7-6-15(20)13-17(16)21)23-9-4-10-24(12-11-23)19(25)18-5-2-3-8-22-18/h2-3,5-8,13-14H,4,9-12H2,1H3/t14-/m0/s1. The van der Waals surface area contributed by atoms with Crippen LogP contribution in [0.4, 0.5) is 8.78 Å². The van der Waals surface area contributed by atoms with Gasteiger partial charge in [0.15, 0.2) is 0 Å². The number of aromatic nitrogens is 1. The number of amides is 1. The maximum Gasteiger partial charge on any atom is 0.272 e. The summed E-state index contributed by atoms with van der Waals surface area (Å²) in [6.07, 6.45) is 2.41. The molecule has 1 saturated heterocycles. The average molecular weight is 345 g/mol. The molecular formula is C19H21F2N3O. The van der Waals surface area contributed by atoms with Crippen molar-refractivity contribution in [3.8, 4) is 0 Å². The molecule has 2 heterocycles. The third-order valence-corrected chi connectivity index (χ3v) is 4.66. The molecule has 0 aliphatic carbocycles. The number of pyridine rings is 1. The molecule has 3 rings (SSSR count). The number of nitrogens with zero attached hydrogens (tertiary/aromatic N) is 3. The van der Waals surface area contributed by atoms with E-state index in [0.29, 0.717) is 30.9 Å². The number of carbonyl (C=O) groups is 1. The van der Waals surface area contributed by atoms with Gasteiger partial charge in [-0.2, -0.15) is 0 Å². The van der Waals surface area contributed by atoms with Crippen LogP contribution in [0.25, 0.3) is 0 Å². The highest BCUT2D eigenvalue weighted by Gasteiger charge is 2.25. The van der Waals surface area contributed by atoms with Gasteiger partial charge in [0.05, 0.1) is 0 Å². The Morgan fingerprint density at radius 1 is 1.12 bits per heavy atom. The molecule has 6 heteroatoms. The molecule has 2 aromatic rings. The highest BCUT2D eigenvalue weighted by Crippen LogP contribution is 2.25. The van der Waals surface area contributed by atoms with E-state index in [0.717, 1.165) is 19.0 Å². The number of benzene rings is 1. The largest absolute Gasteiger partial charge is 0.336 e. The number of carbonyl (C=O) groups excluding carboxylic acids is 1. The Labute approximate surface area is 146 Å². The first-order valence-corrected chi connectivity index (χ1v) is 8.45. The molecule has 1 aliphatic rings. The van der Waals surface area contributed by atoms with E-state index in [1.54, 1.807) is 29.3 Å². The van der Waals surface area contributed by atoms with Crippen LogP contribution in [-0.2, 0) is 0 Å². The SMILES string of the molecule is C[C@@H](c1ccc(F)cc1F)N1CCCN(C(=O)c2ccccn2)CC1. The minimum Gasteiger partial charge on any atom is -0.336 e. The van der Waals surface area contributed by atoms with Gasteiger partial charge < -0.3 is 4.90 Å². The molecule has 25 heavy (non-hydrogen) atoms. The zero-order chi connectivity index (χ0) is 17.8. The number of hydrogen-bond acceptors (Lipinski definition) is 3. The lowest BCUT2D eigenvalue weighted by molar-refractivity contribution is 0.0752. The number of rotatable bonds is 3. The first-order chi connectivity index (χ1) is 12.1. The first kappa shape index (κ1) is 17.5. The Morgan fingerprint density at radius 3 is 2.68 bits per heavy atom. The van der Waals surface area contributed by atoms with Crippen molar-refractivity contribution in [2.75, 3.05) is 26.2 Å². The highest BCUT2D eigenvalue weighted by molar-refractivity contribution is 5.92. The van der Waals surface area contributed by atoms with E-state index in [1.165, 1.54) is 12.1 Å². The minimum atomic E-state index is -0.573. The molecule has 0 N–H and O–H groups in total. The number of halogens is 2. The zero-order valence-electron chi connectivity index (χ0n) is 14.2. The smallest absolute Gasteiger partial charge is 0.272 e. The predicted molar refractivity (Wildman–Crippen MR) is 91.1 cm³/mol. The van der Waals surface area contributed by atoms with Crippen molar-refractivity contribution in [2.45, 2.75) is 19.4 Å². The van der Waals surface area contributed by atoms with Crippen molar-refractivity contribution in [1.29, 1.82) is 0 Å². The summed E-state index contributed by atoms with van der Waals surface area (Å²) in [5.41, 5.74) is 0.916. The van der Waals surface area contributed by atoms with Crippen LogP contribution < -0.4 is 0 Å². The average Bonchev–Trinajstić information content (AvgIpc) is 2.87. The van der Waals surface area contributed by atoms with Crippen molar-refractivity contribution in [3.63, 3.8) is 0 Å². The molecular weight excluding hydrogens is 324 g/mol. The molecule has 0 unspecified atom stereocenters. The van der Waals surface area contributed by atoms with E-state index in [2.05, 4.69) is 9.88 Å². The lowest BCUT2D eigenvalue weighted by Gasteiger charge is -2.28. The molecule has 1 aromatic carbocycles. The molecule has 1 atom stereocenters. The molecule has 1 aromatic heterocycles.